The standard InChI is InChI=1S/C27H33F2N7O3.2ClH/c1-5-30-8-9-35(16-26(38)34(4)36-14-19-6-7-21(28)11-20(19)15-36)25(37)13-31-24-12-22(23(29)10-17(24)2)27-32-18(3)39-33-27;;/h6-7,10-12,30-31H,5,8-9,13-16H2,1-4H3;2*1H. The number of hydrogen-bond acceptors (Lipinski definition) is 8. The molecule has 2 N–H and O–H groups in total. The minimum absolute atomic E-state index is 0. The van der Waals surface area contributed by atoms with E-state index in [0.29, 0.717) is 43.3 Å². The van der Waals surface area contributed by atoms with Crippen LogP contribution in [0.5, 0.6) is 0 Å². The molecule has 10 nitrogen and oxygen atoms in total. The Morgan fingerprint density at radius 2 is 1.80 bits per heavy atom. The van der Waals surface area contributed by atoms with Crippen molar-refractivity contribution in [2.45, 2.75) is 33.9 Å². The Bertz CT molecular complexity index is 1360. The lowest BCUT2D eigenvalue weighted by atomic mass is 10.1. The predicted octanol–water partition coefficient (Wildman–Crippen LogP) is 3.71. The lowest BCUT2D eigenvalue weighted by molar-refractivity contribution is -0.151. The molecule has 41 heavy (non-hydrogen) atoms. The van der Waals surface area contributed by atoms with Crippen LogP contribution in [0.1, 0.15) is 29.5 Å². The molecule has 2 aromatic carbocycles. The number of nitrogens with zero attached hydrogens (tertiary/aromatic N) is 5. The maximum atomic E-state index is 14.6. The Morgan fingerprint density at radius 1 is 1.07 bits per heavy atom. The average Bonchev–Trinajstić information content (AvgIpc) is 3.52. The van der Waals surface area contributed by atoms with Gasteiger partial charge in [0.25, 0.3) is 5.91 Å². The highest BCUT2D eigenvalue weighted by atomic mass is 35.5. The van der Waals surface area contributed by atoms with Crippen molar-refractivity contribution in [1.29, 1.82) is 0 Å². The van der Waals surface area contributed by atoms with Gasteiger partial charge in [-0.2, -0.15) is 4.98 Å². The molecule has 2 heterocycles. The van der Waals surface area contributed by atoms with Crippen molar-refractivity contribution in [3.05, 3.63) is 64.5 Å². The van der Waals surface area contributed by atoms with Gasteiger partial charge in [0.1, 0.15) is 18.2 Å². The summed E-state index contributed by atoms with van der Waals surface area (Å²) in [4.78, 5) is 32.0. The second-order valence-electron chi connectivity index (χ2n) is 9.46. The van der Waals surface area contributed by atoms with Crippen molar-refractivity contribution in [2.24, 2.45) is 0 Å². The molecule has 0 unspecified atom stereocenters. The Kier molecular flexibility index (Phi) is 12.4. The first-order valence-electron chi connectivity index (χ1n) is 12.8. The Balaban J connectivity index is 0.00000294. The van der Waals surface area contributed by atoms with Crippen LogP contribution >= 0.6 is 24.8 Å². The van der Waals surface area contributed by atoms with Gasteiger partial charge in [-0.25, -0.2) is 13.8 Å². The van der Waals surface area contributed by atoms with Gasteiger partial charge in [0.15, 0.2) is 0 Å². The molecule has 0 saturated carbocycles. The third-order valence-corrected chi connectivity index (χ3v) is 6.66. The summed E-state index contributed by atoms with van der Waals surface area (Å²) in [6.45, 7) is 7.54. The summed E-state index contributed by atoms with van der Waals surface area (Å²) in [6.07, 6.45) is 0. The van der Waals surface area contributed by atoms with Crippen molar-refractivity contribution in [3.8, 4) is 11.4 Å². The number of carbonyl (C=O) groups excluding carboxylic acids is 2. The fourth-order valence-electron chi connectivity index (χ4n) is 4.39. The molecule has 0 bridgehead atoms. The van der Waals surface area contributed by atoms with Gasteiger partial charge in [-0.15, -0.1) is 24.8 Å². The molecule has 0 fully saturated rings. The van der Waals surface area contributed by atoms with E-state index in [4.69, 9.17) is 4.52 Å². The number of nitrogens with one attached hydrogen (secondary N) is 2. The highest BCUT2D eigenvalue weighted by Crippen LogP contribution is 2.27. The molecule has 2 amide bonds. The highest BCUT2D eigenvalue weighted by molar-refractivity contribution is 5.87. The zero-order valence-electron chi connectivity index (χ0n) is 23.4. The number of likely N-dealkylation sites (N-methyl/N-ethyl adjacent to an activating group) is 2. The summed E-state index contributed by atoms with van der Waals surface area (Å²) in [5, 5.41) is 13.3. The maximum Gasteiger partial charge on any atom is 0.256 e. The second kappa shape index (κ2) is 15.1. The first-order chi connectivity index (χ1) is 18.7. The van der Waals surface area contributed by atoms with Crippen molar-refractivity contribution < 1.29 is 22.9 Å². The van der Waals surface area contributed by atoms with E-state index in [2.05, 4.69) is 20.8 Å². The van der Waals surface area contributed by atoms with E-state index in [-0.39, 0.29) is 66.9 Å². The summed E-state index contributed by atoms with van der Waals surface area (Å²) in [5.41, 5.74) is 3.10. The van der Waals surface area contributed by atoms with Gasteiger partial charge in [0, 0.05) is 45.8 Å². The summed E-state index contributed by atoms with van der Waals surface area (Å²) in [7, 11) is 1.65. The fraction of sp³-hybridized carbons (Fsp3) is 0.407. The topological polar surface area (TPSA) is 107 Å². The summed E-state index contributed by atoms with van der Waals surface area (Å²) >= 11 is 0. The number of halogens is 4. The Hall–Kier alpha value is -3.32. The largest absolute Gasteiger partial charge is 0.376 e. The van der Waals surface area contributed by atoms with Gasteiger partial charge in [-0.3, -0.25) is 14.6 Å². The molecule has 14 heteroatoms. The van der Waals surface area contributed by atoms with Gasteiger partial charge >= 0.3 is 0 Å². The van der Waals surface area contributed by atoms with Gasteiger partial charge in [-0.1, -0.05) is 18.1 Å². The highest BCUT2D eigenvalue weighted by Gasteiger charge is 2.27. The van der Waals surface area contributed by atoms with E-state index < -0.39 is 5.82 Å². The lowest BCUT2D eigenvalue weighted by Crippen LogP contribution is -2.49. The van der Waals surface area contributed by atoms with E-state index in [9.17, 15) is 18.4 Å². The van der Waals surface area contributed by atoms with E-state index >= 15 is 0 Å². The predicted molar refractivity (Wildman–Crippen MR) is 156 cm³/mol. The first kappa shape index (κ1) is 33.9. The van der Waals surface area contributed by atoms with E-state index in [1.54, 1.807) is 27.0 Å². The number of hydrazine groups is 1. The third-order valence-electron chi connectivity index (χ3n) is 6.66. The number of fused-ring (bicyclic) bond motifs is 1. The monoisotopic (exact) mass is 613 g/mol. The van der Waals surface area contributed by atoms with Crippen LogP contribution < -0.4 is 10.6 Å². The fourth-order valence-corrected chi connectivity index (χ4v) is 4.39. The lowest BCUT2D eigenvalue weighted by Gasteiger charge is -2.31. The quantitative estimate of drug-likeness (QED) is 0.315. The van der Waals surface area contributed by atoms with Crippen LogP contribution in [0.25, 0.3) is 11.4 Å². The molecule has 0 aliphatic carbocycles. The molecular formula is C27H35Cl2F2N7O3. The van der Waals surface area contributed by atoms with Gasteiger partial charge in [-0.05, 0) is 54.4 Å². The summed E-state index contributed by atoms with van der Waals surface area (Å²) in [5.74, 6) is -0.938. The SMILES string of the molecule is CCNCCN(CC(=O)N(C)N1Cc2ccc(F)cc2C1)C(=O)CNc1cc(-c2noc(C)n2)c(F)cc1C.Cl.Cl. The minimum Gasteiger partial charge on any atom is -0.376 e. The zero-order chi connectivity index (χ0) is 28.1. The van der Waals surface area contributed by atoms with Crippen molar-refractivity contribution in [1.82, 2.24) is 30.4 Å². The molecule has 0 spiro atoms. The molecule has 1 aromatic heterocycles. The molecule has 3 aromatic rings. The molecular weight excluding hydrogens is 579 g/mol. The molecule has 1 aliphatic heterocycles. The van der Waals surface area contributed by atoms with Crippen LogP contribution in [0.2, 0.25) is 0 Å². The van der Waals surface area contributed by atoms with E-state index in [1.807, 2.05) is 11.9 Å². The smallest absolute Gasteiger partial charge is 0.256 e. The molecule has 224 valence electrons. The Morgan fingerprint density at radius 3 is 2.49 bits per heavy atom. The molecule has 1 aliphatic rings. The van der Waals surface area contributed by atoms with Crippen LogP contribution in [0.15, 0.2) is 34.9 Å². The van der Waals surface area contributed by atoms with Crippen LogP contribution in [0.3, 0.4) is 0 Å². The van der Waals surface area contributed by atoms with E-state index in [1.165, 1.54) is 34.2 Å². The Labute approximate surface area is 250 Å². The maximum absolute atomic E-state index is 14.6. The third kappa shape index (κ3) is 8.35. The number of hydrogen-bond donors (Lipinski definition) is 2. The normalized spacial score (nSPS) is 12.2. The number of aromatic nitrogens is 2. The van der Waals surface area contributed by atoms with Gasteiger partial charge in [0.2, 0.25) is 17.6 Å². The van der Waals surface area contributed by atoms with Crippen molar-refractivity contribution in [2.75, 3.05) is 45.1 Å². The molecule has 0 saturated heterocycles. The van der Waals surface area contributed by atoms with Crippen LogP contribution in [-0.4, -0.2) is 76.6 Å². The molecule has 0 radical (unpaired) electrons. The van der Waals surface area contributed by atoms with Crippen molar-refractivity contribution >= 4 is 42.3 Å². The average molecular weight is 615 g/mol. The van der Waals surface area contributed by atoms with Crippen LogP contribution in [0.4, 0.5) is 14.5 Å². The number of rotatable bonds is 11. The summed E-state index contributed by atoms with van der Waals surface area (Å²) < 4.78 is 33.2. The van der Waals surface area contributed by atoms with Crippen molar-refractivity contribution in [3.63, 3.8) is 0 Å². The van der Waals surface area contributed by atoms with E-state index in [0.717, 1.165) is 17.7 Å². The number of aryl methyl sites for hydroxylation is 2. The number of anilines is 1. The summed E-state index contributed by atoms with van der Waals surface area (Å²) in [6, 6.07) is 7.50. The van der Waals surface area contributed by atoms with Crippen LogP contribution in [-0.2, 0) is 22.7 Å². The number of amides is 2. The van der Waals surface area contributed by atoms with Crippen LogP contribution in [0, 0.1) is 25.5 Å². The first-order valence-corrected chi connectivity index (χ1v) is 12.8. The number of carbonyl (C=O) groups is 2. The minimum atomic E-state index is -0.502. The second-order valence-corrected chi connectivity index (χ2v) is 9.46. The van der Waals surface area contributed by atoms with Gasteiger partial charge in [0.05, 0.1) is 12.1 Å². The zero-order valence-corrected chi connectivity index (χ0v) is 25.0. The molecule has 0 atom stereocenters. The molecule has 4 rings (SSSR count). The van der Waals surface area contributed by atoms with Gasteiger partial charge < -0.3 is 20.1 Å². The number of benzene rings is 2.